The fourth-order valence-corrected chi connectivity index (χ4v) is 5.96. The molecule has 0 radical (unpaired) electrons. The number of carboxylic acids is 1. The van der Waals surface area contributed by atoms with Crippen LogP contribution in [0.3, 0.4) is 0 Å². The summed E-state index contributed by atoms with van der Waals surface area (Å²) in [6.45, 7) is 5.85. The van der Waals surface area contributed by atoms with Gasteiger partial charge in [0, 0.05) is 29.9 Å². The summed E-state index contributed by atoms with van der Waals surface area (Å²) in [7, 11) is 0. The van der Waals surface area contributed by atoms with Crippen LogP contribution in [0.4, 0.5) is 5.69 Å². The number of nitrogens with zero attached hydrogens (tertiary/aromatic N) is 4. The average molecular weight is 624 g/mol. The van der Waals surface area contributed by atoms with E-state index in [1.54, 1.807) is 53.4 Å². The molecular weight excluding hydrogens is 586 g/mol. The number of carbonyl (C=O) groups is 3. The molecule has 0 saturated carbocycles. The molecule has 14 nitrogen and oxygen atoms in total. The molecule has 14 heteroatoms. The highest BCUT2D eigenvalue weighted by Gasteiger charge is 2.58. The van der Waals surface area contributed by atoms with Gasteiger partial charge in [-0.3, -0.25) is 9.59 Å². The average Bonchev–Trinajstić information content (AvgIpc) is 3.43. The van der Waals surface area contributed by atoms with Gasteiger partial charge in [-0.2, -0.15) is 0 Å². The highest BCUT2D eigenvalue weighted by atomic mass is 16.6. The number of aromatic nitrogens is 3. The largest absolute Gasteiger partial charge is 0.478 e. The standard InChI is InChI=1S/C31H37N5O9/c1-16(38)32-24-21(39)13-31(29(43)44,45-27(24)26(41)22(40)15-37)36-25-18-10-6-5-9-17(18)14-35(28(42)30(2,3)4)20-12-8-7-11-19(20)23(25)33-34-36/h5-12,21-22,24,26-27,37,39-41H,13-15H2,1-4H3,(H,32,38)(H,43,44)/t21-,22-,24?,26-,27?,31-/m1/s1. The molecule has 3 heterocycles. The van der Waals surface area contributed by atoms with E-state index in [9.17, 15) is 39.9 Å². The van der Waals surface area contributed by atoms with E-state index in [0.29, 0.717) is 22.4 Å². The van der Waals surface area contributed by atoms with Gasteiger partial charge in [0.05, 0.1) is 31.0 Å². The zero-order valence-electron chi connectivity index (χ0n) is 25.3. The fourth-order valence-electron chi connectivity index (χ4n) is 5.96. The van der Waals surface area contributed by atoms with Crippen molar-refractivity contribution in [3.8, 4) is 22.5 Å². The highest BCUT2D eigenvalue weighted by Crippen LogP contribution is 2.46. The molecule has 45 heavy (non-hydrogen) atoms. The minimum absolute atomic E-state index is 0.131. The summed E-state index contributed by atoms with van der Waals surface area (Å²) in [5.74, 6) is -2.35. The van der Waals surface area contributed by atoms with Gasteiger partial charge >= 0.3 is 5.97 Å². The van der Waals surface area contributed by atoms with Crippen LogP contribution in [-0.4, -0.2) is 95.4 Å². The first-order valence-corrected chi connectivity index (χ1v) is 14.5. The topological polar surface area (TPSA) is 208 Å². The molecule has 2 aliphatic rings. The minimum atomic E-state index is -2.50. The Morgan fingerprint density at radius 1 is 1.09 bits per heavy atom. The molecule has 1 saturated heterocycles. The molecule has 0 spiro atoms. The number of aliphatic hydroxyl groups excluding tert-OH is 4. The number of fused-ring (bicyclic) bond motifs is 5. The zero-order valence-corrected chi connectivity index (χ0v) is 25.3. The summed E-state index contributed by atoms with van der Waals surface area (Å²) in [6, 6.07) is 12.8. The van der Waals surface area contributed by atoms with E-state index in [1.165, 1.54) is 6.92 Å². The number of nitrogens with one attached hydrogen (secondary N) is 1. The van der Waals surface area contributed by atoms with Gasteiger partial charge in [-0.1, -0.05) is 68.4 Å². The van der Waals surface area contributed by atoms with Crippen LogP contribution < -0.4 is 10.2 Å². The summed E-state index contributed by atoms with van der Waals surface area (Å²) in [5.41, 5.74) is -0.628. The molecule has 2 aromatic carbocycles. The number of benzene rings is 2. The Hall–Kier alpha value is -4.21. The Balaban J connectivity index is 1.77. The molecule has 6 N–H and O–H groups in total. The Morgan fingerprint density at radius 2 is 1.73 bits per heavy atom. The summed E-state index contributed by atoms with van der Waals surface area (Å²) >= 11 is 0. The van der Waals surface area contributed by atoms with Crippen molar-refractivity contribution in [1.82, 2.24) is 20.3 Å². The summed E-state index contributed by atoms with van der Waals surface area (Å²) in [6.07, 6.45) is -7.67. The number of para-hydroxylation sites is 1. The van der Waals surface area contributed by atoms with Crippen LogP contribution >= 0.6 is 0 Å². The monoisotopic (exact) mass is 623 g/mol. The second-order valence-electron chi connectivity index (χ2n) is 12.4. The molecule has 5 rings (SSSR count). The third-order valence-electron chi connectivity index (χ3n) is 8.16. The lowest BCUT2D eigenvalue weighted by atomic mass is 9.86. The lowest BCUT2D eigenvalue weighted by molar-refractivity contribution is -0.258. The second kappa shape index (κ2) is 11.9. The SMILES string of the molecule is CC(=O)NC1C([C@H](O)[C@H](O)CO)O[C@](C(=O)O)(n2nnc3c2-c2ccccc2CN(C(=O)C(C)(C)C)c2ccccc2-3)C[C@H]1O. The van der Waals surface area contributed by atoms with Crippen molar-refractivity contribution in [1.29, 1.82) is 0 Å². The fraction of sp³-hybridized carbons (Fsp3) is 0.452. The Labute approximate surface area is 258 Å². The smallest absolute Gasteiger partial charge is 0.359 e. The maximum Gasteiger partial charge on any atom is 0.359 e. The van der Waals surface area contributed by atoms with Crippen LogP contribution in [0.5, 0.6) is 0 Å². The Bertz CT molecular complexity index is 1620. The summed E-state index contributed by atoms with van der Waals surface area (Å²) in [5, 5.41) is 63.9. The van der Waals surface area contributed by atoms with Crippen molar-refractivity contribution in [3.63, 3.8) is 0 Å². The van der Waals surface area contributed by atoms with E-state index < -0.39 is 66.5 Å². The van der Waals surface area contributed by atoms with Crippen molar-refractivity contribution < 1.29 is 44.7 Å². The Kier molecular flexibility index (Phi) is 8.55. The van der Waals surface area contributed by atoms with Crippen LogP contribution in [0.1, 0.15) is 39.7 Å². The van der Waals surface area contributed by atoms with Crippen LogP contribution in [0.25, 0.3) is 22.5 Å². The van der Waals surface area contributed by atoms with Crippen molar-refractivity contribution in [2.45, 2.75) is 76.8 Å². The number of carbonyl (C=O) groups excluding carboxylic acids is 2. The third kappa shape index (κ3) is 5.59. The van der Waals surface area contributed by atoms with Gasteiger partial charge < -0.3 is 40.5 Å². The maximum absolute atomic E-state index is 13.8. The van der Waals surface area contributed by atoms with Crippen molar-refractivity contribution in [3.05, 3.63) is 54.1 Å². The van der Waals surface area contributed by atoms with Crippen molar-refractivity contribution >= 4 is 23.5 Å². The number of hydrogen-bond donors (Lipinski definition) is 6. The Morgan fingerprint density at radius 3 is 2.36 bits per heavy atom. The third-order valence-corrected chi connectivity index (χ3v) is 8.16. The molecular formula is C31H37N5O9. The van der Waals surface area contributed by atoms with E-state index in [0.717, 1.165) is 4.68 Å². The molecule has 240 valence electrons. The van der Waals surface area contributed by atoms with E-state index in [2.05, 4.69) is 15.6 Å². The van der Waals surface area contributed by atoms with Gasteiger partial charge in [-0.25, -0.2) is 9.48 Å². The predicted octanol–water partition coefficient (Wildman–Crippen LogP) is 0.611. The number of aliphatic hydroxyl groups is 4. The maximum atomic E-state index is 13.8. The van der Waals surface area contributed by atoms with Crippen molar-refractivity contribution in [2.75, 3.05) is 11.5 Å². The second-order valence-corrected chi connectivity index (χ2v) is 12.4. The van der Waals surface area contributed by atoms with E-state index >= 15 is 0 Å². The van der Waals surface area contributed by atoms with Gasteiger partial charge in [0.2, 0.25) is 11.8 Å². The number of anilines is 1. The normalized spacial score (nSPS) is 24.3. The minimum Gasteiger partial charge on any atom is -0.478 e. The van der Waals surface area contributed by atoms with Crippen molar-refractivity contribution in [2.24, 2.45) is 5.41 Å². The van der Waals surface area contributed by atoms with Gasteiger partial charge in [0.1, 0.15) is 29.7 Å². The lowest BCUT2D eigenvalue weighted by Crippen LogP contribution is -2.67. The number of carboxylic acid groups (broad SMARTS) is 1. The van der Waals surface area contributed by atoms with Crippen LogP contribution in [0, 0.1) is 5.41 Å². The number of hydrogen-bond acceptors (Lipinski definition) is 10. The van der Waals surface area contributed by atoms with Gasteiger partial charge in [0.15, 0.2) is 0 Å². The first-order valence-electron chi connectivity index (χ1n) is 14.5. The van der Waals surface area contributed by atoms with Crippen LogP contribution in [-0.2, 0) is 31.4 Å². The molecule has 2 unspecified atom stereocenters. The van der Waals surface area contributed by atoms with Crippen LogP contribution in [0.2, 0.25) is 0 Å². The summed E-state index contributed by atoms with van der Waals surface area (Å²) in [4.78, 5) is 40.7. The molecule has 6 atom stereocenters. The first kappa shape index (κ1) is 32.2. The molecule has 0 bridgehead atoms. The molecule has 3 aromatic rings. The molecule has 1 aromatic heterocycles. The number of amides is 2. The van der Waals surface area contributed by atoms with Gasteiger partial charge in [0.25, 0.3) is 5.72 Å². The molecule has 0 aliphatic carbocycles. The lowest BCUT2D eigenvalue weighted by Gasteiger charge is -2.47. The summed E-state index contributed by atoms with van der Waals surface area (Å²) < 4.78 is 7.12. The molecule has 2 aliphatic heterocycles. The number of aliphatic carboxylic acids is 1. The molecule has 1 fully saturated rings. The quantitative estimate of drug-likeness (QED) is 0.224. The zero-order chi connectivity index (χ0) is 32.8. The number of rotatable bonds is 6. The van der Waals surface area contributed by atoms with E-state index in [-0.39, 0.29) is 23.8 Å². The van der Waals surface area contributed by atoms with E-state index in [4.69, 9.17) is 4.74 Å². The van der Waals surface area contributed by atoms with Gasteiger partial charge in [-0.15, -0.1) is 5.10 Å². The highest BCUT2D eigenvalue weighted by molar-refractivity contribution is 6.02. The number of ether oxygens (including phenoxy) is 1. The van der Waals surface area contributed by atoms with Crippen LogP contribution in [0.15, 0.2) is 48.5 Å². The molecule has 2 amide bonds. The first-order chi connectivity index (χ1) is 21.2. The van der Waals surface area contributed by atoms with Gasteiger partial charge in [-0.05, 0) is 11.6 Å². The predicted molar refractivity (Wildman–Crippen MR) is 159 cm³/mol. The van der Waals surface area contributed by atoms with E-state index in [1.807, 2.05) is 20.8 Å².